The number of rotatable bonds is 5. The van der Waals surface area contributed by atoms with Gasteiger partial charge in [0.1, 0.15) is 5.75 Å². The number of ether oxygens (including phenoxy) is 2. The van der Waals surface area contributed by atoms with Crippen molar-refractivity contribution < 1.29 is 9.47 Å². The summed E-state index contributed by atoms with van der Waals surface area (Å²) in [5.41, 5.74) is 2.27. The summed E-state index contributed by atoms with van der Waals surface area (Å²) in [6, 6.07) is 16.0. The van der Waals surface area contributed by atoms with Crippen molar-refractivity contribution in [2.24, 2.45) is 0 Å². The first-order valence-electron chi connectivity index (χ1n) is 5.73. The number of halogens is 1. The van der Waals surface area contributed by atoms with Crippen molar-refractivity contribution >= 4 is 15.9 Å². The van der Waals surface area contributed by atoms with Crippen LogP contribution in [0.1, 0.15) is 11.1 Å². The number of benzene rings is 2. The minimum Gasteiger partial charge on any atom is -0.497 e. The maximum absolute atomic E-state index is 5.70. The highest BCUT2D eigenvalue weighted by molar-refractivity contribution is 9.10. The zero-order valence-corrected chi connectivity index (χ0v) is 11.8. The molecule has 0 fully saturated rings. The lowest BCUT2D eigenvalue weighted by Crippen LogP contribution is -1.95. The zero-order valence-electron chi connectivity index (χ0n) is 10.2. The minimum absolute atomic E-state index is 0.582. The molecule has 0 saturated heterocycles. The van der Waals surface area contributed by atoms with Crippen LogP contribution in [0.3, 0.4) is 0 Å². The summed E-state index contributed by atoms with van der Waals surface area (Å²) in [5, 5.41) is 0. The second-order valence-electron chi connectivity index (χ2n) is 3.94. The lowest BCUT2D eigenvalue weighted by atomic mass is 10.2. The molecule has 2 nitrogen and oxygen atoms in total. The summed E-state index contributed by atoms with van der Waals surface area (Å²) in [7, 11) is 1.67. The average molecular weight is 307 g/mol. The van der Waals surface area contributed by atoms with Crippen LogP contribution in [0, 0.1) is 0 Å². The molecule has 0 saturated carbocycles. The molecular weight excluding hydrogens is 292 g/mol. The fourth-order valence-corrected chi connectivity index (χ4v) is 2.06. The van der Waals surface area contributed by atoms with E-state index >= 15 is 0 Å². The molecule has 2 aromatic rings. The molecule has 0 aliphatic heterocycles. The van der Waals surface area contributed by atoms with E-state index in [-0.39, 0.29) is 0 Å². The molecule has 0 radical (unpaired) electrons. The predicted octanol–water partition coefficient (Wildman–Crippen LogP) is 4.17. The highest BCUT2D eigenvalue weighted by atomic mass is 79.9. The van der Waals surface area contributed by atoms with Gasteiger partial charge in [-0.2, -0.15) is 0 Å². The topological polar surface area (TPSA) is 18.5 Å². The van der Waals surface area contributed by atoms with Crippen molar-refractivity contribution in [3.8, 4) is 5.75 Å². The van der Waals surface area contributed by atoms with Crippen molar-refractivity contribution in [2.45, 2.75) is 13.2 Å². The van der Waals surface area contributed by atoms with Crippen LogP contribution in [-0.4, -0.2) is 7.11 Å². The Hall–Kier alpha value is -1.32. The third-order valence-electron chi connectivity index (χ3n) is 2.62. The lowest BCUT2D eigenvalue weighted by molar-refractivity contribution is 0.106. The highest BCUT2D eigenvalue weighted by Gasteiger charge is 2.00. The van der Waals surface area contributed by atoms with Crippen molar-refractivity contribution in [3.05, 3.63) is 64.1 Å². The second kappa shape index (κ2) is 6.57. The molecule has 0 atom stereocenters. The van der Waals surface area contributed by atoms with Gasteiger partial charge in [-0.3, -0.25) is 0 Å². The van der Waals surface area contributed by atoms with E-state index in [1.54, 1.807) is 7.11 Å². The summed E-state index contributed by atoms with van der Waals surface area (Å²) < 4.78 is 12.0. The van der Waals surface area contributed by atoms with E-state index in [0.717, 1.165) is 21.3 Å². The molecule has 0 aromatic heterocycles. The van der Waals surface area contributed by atoms with Gasteiger partial charge >= 0.3 is 0 Å². The molecule has 94 valence electrons. The van der Waals surface area contributed by atoms with Crippen LogP contribution < -0.4 is 4.74 Å². The summed E-state index contributed by atoms with van der Waals surface area (Å²) in [6.45, 7) is 1.18. The van der Waals surface area contributed by atoms with Crippen LogP contribution in [0.15, 0.2) is 53.0 Å². The Kier molecular flexibility index (Phi) is 4.79. The van der Waals surface area contributed by atoms with Gasteiger partial charge in [0.05, 0.1) is 20.3 Å². The van der Waals surface area contributed by atoms with Gasteiger partial charge in [-0.25, -0.2) is 0 Å². The molecule has 18 heavy (non-hydrogen) atoms. The van der Waals surface area contributed by atoms with Gasteiger partial charge in [-0.1, -0.05) is 46.3 Å². The maximum Gasteiger partial charge on any atom is 0.119 e. The van der Waals surface area contributed by atoms with Crippen LogP contribution in [0.2, 0.25) is 0 Å². The summed E-state index contributed by atoms with van der Waals surface area (Å²) in [5.74, 6) is 0.858. The first kappa shape index (κ1) is 13.1. The van der Waals surface area contributed by atoms with Gasteiger partial charge in [-0.15, -0.1) is 0 Å². The van der Waals surface area contributed by atoms with Gasteiger partial charge in [0, 0.05) is 4.47 Å². The molecule has 3 heteroatoms. The highest BCUT2D eigenvalue weighted by Crippen LogP contribution is 2.18. The van der Waals surface area contributed by atoms with Crippen LogP contribution in [-0.2, 0) is 18.0 Å². The van der Waals surface area contributed by atoms with E-state index < -0.39 is 0 Å². The fourth-order valence-electron chi connectivity index (χ4n) is 1.66. The monoisotopic (exact) mass is 306 g/mol. The first-order chi connectivity index (χ1) is 8.79. The van der Waals surface area contributed by atoms with Gasteiger partial charge in [-0.05, 0) is 29.3 Å². The standard InChI is InChI=1S/C15H15BrO2/c1-17-14-7-4-5-12(9-14)10-18-11-13-6-2-3-8-15(13)16/h2-9H,10-11H2,1H3. The molecule has 0 bridgehead atoms. The summed E-state index contributed by atoms with van der Waals surface area (Å²) >= 11 is 3.51. The smallest absolute Gasteiger partial charge is 0.119 e. The lowest BCUT2D eigenvalue weighted by Gasteiger charge is -2.07. The molecular formula is C15H15BrO2. The average Bonchev–Trinajstić information content (AvgIpc) is 2.41. The maximum atomic E-state index is 5.70. The minimum atomic E-state index is 0.582. The van der Waals surface area contributed by atoms with E-state index in [1.807, 2.05) is 42.5 Å². The summed E-state index contributed by atoms with van der Waals surface area (Å²) in [4.78, 5) is 0. The van der Waals surface area contributed by atoms with Crippen LogP contribution >= 0.6 is 15.9 Å². The molecule has 0 heterocycles. The van der Waals surface area contributed by atoms with Crippen molar-refractivity contribution in [2.75, 3.05) is 7.11 Å². The molecule has 0 aliphatic rings. The van der Waals surface area contributed by atoms with Crippen LogP contribution in [0.5, 0.6) is 5.75 Å². The Morgan fingerprint density at radius 3 is 2.61 bits per heavy atom. The van der Waals surface area contributed by atoms with E-state index in [0.29, 0.717) is 13.2 Å². The largest absolute Gasteiger partial charge is 0.497 e. The second-order valence-corrected chi connectivity index (χ2v) is 4.79. The van der Waals surface area contributed by atoms with Crippen LogP contribution in [0.4, 0.5) is 0 Å². The Labute approximate surface area is 116 Å². The molecule has 2 aromatic carbocycles. The SMILES string of the molecule is COc1cccc(COCc2ccccc2Br)c1. The van der Waals surface area contributed by atoms with Crippen molar-refractivity contribution in [3.63, 3.8) is 0 Å². The third kappa shape index (κ3) is 3.59. The quantitative estimate of drug-likeness (QED) is 0.825. The third-order valence-corrected chi connectivity index (χ3v) is 3.39. The van der Waals surface area contributed by atoms with Gasteiger partial charge in [0.25, 0.3) is 0 Å². The van der Waals surface area contributed by atoms with Crippen molar-refractivity contribution in [1.29, 1.82) is 0 Å². The molecule has 0 spiro atoms. The van der Waals surface area contributed by atoms with Crippen molar-refractivity contribution in [1.82, 2.24) is 0 Å². The normalized spacial score (nSPS) is 10.3. The molecule has 0 amide bonds. The van der Waals surface area contributed by atoms with Gasteiger partial charge in [0.15, 0.2) is 0 Å². The van der Waals surface area contributed by atoms with E-state index in [2.05, 4.69) is 22.0 Å². The Balaban J connectivity index is 1.90. The Bertz CT molecular complexity index is 511. The van der Waals surface area contributed by atoms with Crippen LogP contribution in [0.25, 0.3) is 0 Å². The Morgan fingerprint density at radius 1 is 1.00 bits per heavy atom. The van der Waals surface area contributed by atoms with E-state index in [9.17, 15) is 0 Å². The Morgan fingerprint density at radius 2 is 1.83 bits per heavy atom. The fraction of sp³-hybridized carbons (Fsp3) is 0.200. The molecule has 2 rings (SSSR count). The van der Waals surface area contributed by atoms with Gasteiger partial charge in [0.2, 0.25) is 0 Å². The summed E-state index contributed by atoms with van der Waals surface area (Å²) in [6.07, 6.45) is 0. The number of hydrogen-bond donors (Lipinski definition) is 0. The van der Waals surface area contributed by atoms with Gasteiger partial charge < -0.3 is 9.47 Å². The molecule has 0 aliphatic carbocycles. The van der Waals surface area contributed by atoms with E-state index in [1.165, 1.54) is 0 Å². The zero-order chi connectivity index (χ0) is 12.8. The first-order valence-corrected chi connectivity index (χ1v) is 6.53. The molecule has 0 N–H and O–H groups in total. The predicted molar refractivity (Wildman–Crippen MR) is 75.6 cm³/mol. The number of methoxy groups -OCH3 is 1. The van der Waals surface area contributed by atoms with E-state index in [4.69, 9.17) is 9.47 Å². The number of hydrogen-bond acceptors (Lipinski definition) is 2. The molecule has 0 unspecified atom stereocenters.